The third-order valence-electron chi connectivity index (χ3n) is 3.90. The smallest absolute Gasteiger partial charge is 0.369 e. The Morgan fingerprint density at radius 1 is 1.23 bits per heavy atom. The number of nitrogens with zero attached hydrogens (tertiary/aromatic N) is 5. The van der Waals surface area contributed by atoms with Crippen molar-refractivity contribution < 1.29 is 14.4 Å². The highest BCUT2D eigenvalue weighted by atomic mass is 16.7. The summed E-state index contributed by atoms with van der Waals surface area (Å²) in [5, 5.41) is 2.93. The Morgan fingerprint density at radius 2 is 2.00 bits per heavy atom. The van der Waals surface area contributed by atoms with Gasteiger partial charge < -0.3 is 4.74 Å². The first-order chi connectivity index (χ1) is 12.4. The second kappa shape index (κ2) is 6.51. The third-order valence-corrected chi connectivity index (χ3v) is 3.90. The summed E-state index contributed by atoms with van der Waals surface area (Å²) in [5.74, 6) is 0.0364. The Balaban J connectivity index is 2.25. The average Bonchev–Trinajstić information content (AvgIpc) is 3.02. The topological polar surface area (TPSA) is 109 Å². The maximum Gasteiger partial charge on any atom is 0.369 e. The second-order valence-corrected chi connectivity index (χ2v) is 6.60. The van der Waals surface area contributed by atoms with Crippen molar-refractivity contribution >= 4 is 17.0 Å². The predicted octanol–water partition coefficient (Wildman–Crippen LogP) is 2.96. The molecule has 0 aromatic carbocycles. The summed E-state index contributed by atoms with van der Waals surface area (Å²) in [6.45, 7) is 6.20. The van der Waals surface area contributed by atoms with Crippen LogP contribution in [0.15, 0.2) is 36.2 Å². The van der Waals surface area contributed by atoms with Gasteiger partial charge in [0, 0.05) is 12.4 Å². The van der Waals surface area contributed by atoms with Gasteiger partial charge in [-0.1, -0.05) is 20.8 Å². The van der Waals surface area contributed by atoms with Crippen LogP contribution in [-0.4, -0.2) is 32.6 Å². The van der Waals surface area contributed by atoms with E-state index >= 15 is 0 Å². The Kier molecular flexibility index (Phi) is 4.37. The zero-order valence-corrected chi connectivity index (χ0v) is 14.8. The molecule has 3 rings (SSSR count). The highest BCUT2D eigenvalue weighted by molar-refractivity contribution is 5.90. The van der Waals surface area contributed by atoms with E-state index in [-0.39, 0.29) is 11.0 Å². The van der Waals surface area contributed by atoms with E-state index in [0.717, 1.165) is 10.9 Å². The van der Waals surface area contributed by atoms with Crippen LogP contribution in [0.5, 0.6) is 5.88 Å². The van der Waals surface area contributed by atoms with E-state index in [1.54, 1.807) is 11.7 Å². The summed E-state index contributed by atoms with van der Waals surface area (Å²) in [4.78, 5) is 38.9. The predicted molar refractivity (Wildman–Crippen MR) is 93.1 cm³/mol. The van der Waals surface area contributed by atoms with E-state index < -0.39 is 5.97 Å². The number of ether oxygens (including phenoxy) is 1. The van der Waals surface area contributed by atoms with Crippen LogP contribution in [0.3, 0.4) is 0 Å². The molecule has 0 N–H and O–H groups in total. The van der Waals surface area contributed by atoms with E-state index in [1.807, 2.05) is 6.20 Å². The summed E-state index contributed by atoms with van der Waals surface area (Å²) in [6, 6.07) is 2.93. The molecule has 26 heavy (non-hydrogen) atoms. The molecular weight excluding hydrogens is 338 g/mol. The summed E-state index contributed by atoms with van der Waals surface area (Å²) >= 11 is 0. The molecule has 0 aliphatic rings. The number of carbonyl (C=O) groups excluding carboxylic acids is 1. The molecule has 0 bridgehead atoms. The first kappa shape index (κ1) is 17.5. The fraction of sp³-hybridized carbons (Fsp3) is 0.294. The molecule has 0 aliphatic carbocycles. The fourth-order valence-corrected chi connectivity index (χ4v) is 2.70. The minimum Gasteiger partial charge on any atom is -0.480 e. The maximum atomic E-state index is 11.8. The van der Waals surface area contributed by atoms with Gasteiger partial charge in [0.05, 0.1) is 18.1 Å². The minimum atomic E-state index is -0.858. The van der Waals surface area contributed by atoms with Crippen molar-refractivity contribution in [3.8, 4) is 11.7 Å². The number of hydrogen-bond acceptors (Lipinski definition) is 8. The van der Waals surface area contributed by atoms with Gasteiger partial charge in [-0.05, 0) is 23.1 Å². The van der Waals surface area contributed by atoms with E-state index in [9.17, 15) is 9.70 Å². The highest BCUT2D eigenvalue weighted by Gasteiger charge is 2.25. The van der Waals surface area contributed by atoms with Gasteiger partial charge in [-0.15, -0.1) is 4.91 Å². The summed E-state index contributed by atoms with van der Waals surface area (Å²) in [7, 11) is 1.55. The van der Waals surface area contributed by atoms with Gasteiger partial charge in [0.1, 0.15) is 12.1 Å². The van der Waals surface area contributed by atoms with E-state index in [2.05, 4.69) is 45.9 Å². The molecular formula is C17H17N5O4. The normalized spacial score (nSPS) is 11.4. The van der Waals surface area contributed by atoms with Crippen molar-refractivity contribution in [2.24, 2.45) is 5.34 Å². The molecule has 134 valence electrons. The number of fused-ring (bicyclic) bond motifs is 1. The molecule has 0 unspecified atom stereocenters. The van der Waals surface area contributed by atoms with Crippen molar-refractivity contribution in [1.29, 1.82) is 0 Å². The van der Waals surface area contributed by atoms with Crippen molar-refractivity contribution in [2.45, 2.75) is 26.2 Å². The number of carbonyl (C=O) groups is 1. The van der Waals surface area contributed by atoms with Crippen LogP contribution in [0.1, 0.15) is 36.7 Å². The van der Waals surface area contributed by atoms with Gasteiger partial charge in [0.15, 0.2) is 11.0 Å². The lowest BCUT2D eigenvalue weighted by Gasteiger charge is -2.17. The molecule has 9 nitrogen and oxygen atoms in total. The lowest BCUT2D eigenvalue weighted by molar-refractivity contribution is 0.0508. The highest BCUT2D eigenvalue weighted by Crippen LogP contribution is 2.36. The number of rotatable bonds is 4. The zero-order chi connectivity index (χ0) is 18.9. The molecule has 3 aromatic heterocycles. The average molecular weight is 355 g/mol. The van der Waals surface area contributed by atoms with Gasteiger partial charge >= 0.3 is 5.97 Å². The SMILES string of the molecule is COc1ncnc2c1c(C(C)(C)C)cn2-c1cc(C(=O)ON=O)ccn1. The van der Waals surface area contributed by atoms with Crippen molar-refractivity contribution in [1.82, 2.24) is 19.5 Å². The Bertz CT molecular complexity index is 990. The summed E-state index contributed by atoms with van der Waals surface area (Å²) < 4.78 is 7.14. The lowest BCUT2D eigenvalue weighted by atomic mass is 9.87. The molecule has 3 heterocycles. The van der Waals surface area contributed by atoms with Crippen molar-refractivity contribution in [2.75, 3.05) is 7.11 Å². The number of pyridine rings is 1. The number of hydrogen-bond donors (Lipinski definition) is 0. The van der Waals surface area contributed by atoms with Gasteiger partial charge in [0.25, 0.3) is 0 Å². The molecule has 0 saturated carbocycles. The van der Waals surface area contributed by atoms with Gasteiger partial charge in [0.2, 0.25) is 5.88 Å². The summed E-state index contributed by atoms with van der Waals surface area (Å²) in [5.41, 5.74) is 1.50. The number of methoxy groups -OCH3 is 1. The molecule has 3 aromatic rings. The molecule has 0 spiro atoms. The Morgan fingerprint density at radius 3 is 2.65 bits per heavy atom. The monoisotopic (exact) mass is 355 g/mol. The minimum absolute atomic E-state index is 0.148. The first-order valence-electron chi connectivity index (χ1n) is 7.77. The molecule has 0 aliphatic heterocycles. The van der Waals surface area contributed by atoms with Crippen LogP contribution in [0.4, 0.5) is 0 Å². The maximum absolute atomic E-state index is 11.8. The molecule has 0 radical (unpaired) electrons. The molecule has 0 fully saturated rings. The van der Waals surface area contributed by atoms with Gasteiger partial charge in [-0.25, -0.2) is 19.7 Å². The molecule has 9 heteroatoms. The quantitative estimate of drug-likeness (QED) is 0.523. The Labute approximate surface area is 148 Å². The molecule has 0 atom stereocenters. The lowest BCUT2D eigenvalue weighted by Crippen LogP contribution is -2.11. The standard InChI is InChI=1S/C17H17N5O4/c1-17(2,3)11-8-22(14-13(11)15(25-4)20-9-19-14)12-7-10(5-6-18-12)16(23)26-21-24/h5-9H,1-4H3. The van der Waals surface area contributed by atoms with Gasteiger partial charge in [-0.3, -0.25) is 9.40 Å². The first-order valence-corrected chi connectivity index (χ1v) is 7.77. The van der Waals surface area contributed by atoms with Crippen molar-refractivity contribution in [3.63, 3.8) is 0 Å². The van der Waals surface area contributed by atoms with Crippen LogP contribution >= 0.6 is 0 Å². The van der Waals surface area contributed by atoms with E-state index in [1.165, 1.54) is 24.7 Å². The van der Waals surface area contributed by atoms with Crippen LogP contribution < -0.4 is 4.74 Å². The van der Waals surface area contributed by atoms with Crippen LogP contribution in [0, 0.1) is 4.91 Å². The fourth-order valence-electron chi connectivity index (χ4n) is 2.70. The second-order valence-electron chi connectivity index (χ2n) is 6.60. The van der Waals surface area contributed by atoms with Crippen LogP contribution in [-0.2, 0) is 10.3 Å². The van der Waals surface area contributed by atoms with Gasteiger partial charge in [-0.2, -0.15) is 0 Å². The number of aromatic nitrogens is 4. The Hall–Kier alpha value is -3.36. The van der Waals surface area contributed by atoms with Crippen LogP contribution in [0.25, 0.3) is 16.9 Å². The third kappa shape index (κ3) is 2.99. The molecule has 0 saturated heterocycles. The molecule has 0 amide bonds. The zero-order valence-electron chi connectivity index (χ0n) is 14.8. The van der Waals surface area contributed by atoms with E-state index in [4.69, 9.17) is 4.74 Å². The summed E-state index contributed by atoms with van der Waals surface area (Å²) in [6.07, 6.45) is 4.73. The van der Waals surface area contributed by atoms with Crippen LogP contribution in [0.2, 0.25) is 0 Å². The van der Waals surface area contributed by atoms with E-state index in [0.29, 0.717) is 17.3 Å². The van der Waals surface area contributed by atoms with Crippen molar-refractivity contribution in [3.05, 3.63) is 46.9 Å². The largest absolute Gasteiger partial charge is 0.480 e.